The lowest BCUT2D eigenvalue weighted by atomic mass is 9.98. The van der Waals surface area contributed by atoms with Gasteiger partial charge < -0.3 is 5.11 Å². The number of hydrogen-bond donors (Lipinski definition) is 1. The van der Waals surface area contributed by atoms with Crippen molar-refractivity contribution >= 4 is 11.6 Å². The highest BCUT2D eigenvalue weighted by atomic mass is 35.5. The van der Waals surface area contributed by atoms with E-state index in [1.165, 1.54) is 12.1 Å². The summed E-state index contributed by atoms with van der Waals surface area (Å²) >= 11 is 5.85. The van der Waals surface area contributed by atoms with Crippen LogP contribution in [0.2, 0.25) is 5.02 Å². The van der Waals surface area contributed by atoms with Gasteiger partial charge in [-0.25, -0.2) is 4.39 Å². The van der Waals surface area contributed by atoms with Crippen LogP contribution < -0.4 is 0 Å². The summed E-state index contributed by atoms with van der Waals surface area (Å²) in [6.45, 7) is 0. The van der Waals surface area contributed by atoms with Gasteiger partial charge in [-0.05, 0) is 12.1 Å². The van der Waals surface area contributed by atoms with E-state index in [0.717, 1.165) is 12.1 Å². The number of aliphatic hydroxyl groups excluding tert-OH is 1. The van der Waals surface area contributed by atoms with Crippen LogP contribution in [0.25, 0.3) is 0 Å². The van der Waals surface area contributed by atoms with Gasteiger partial charge in [0.2, 0.25) is 0 Å². The fourth-order valence-electron chi connectivity index (χ4n) is 1.84. The molecule has 106 valence electrons. The van der Waals surface area contributed by atoms with Gasteiger partial charge in [0, 0.05) is 16.1 Å². The molecule has 1 unspecified atom stereocenters. The van der Waals surface area contributed by atoms with Gasteiger partial charge in [0.25, 0.3) is 0 Å². The van der Waals surface area contributed by atoms with Gasteiger partial charge in [0.1, 0.15) is 11.9 Å². The summed E-state index contributed by atoms with van der Waals surface area (Å²) in [5, 5.41) is 10.2. The molecule has 6 heteroatoms. The minimum absolute atomic E-state index is 0.146. The molecule has 2 rings (SSSR count). The van der Waals surface area contributed by atoms with Crippen molar-refractivity contribution in [2.45, 2.75) is 12.3 Å². The number of alkyl halides is 3. The number of halogens is 5. The monoisotopic (exact) mass is 304 g/mol. The minimum Gasteiger partial charge on any atom is -0.383 e. The van der Waals surface area contributed by atoms with Gasteiger partial charge in [0.15, 0.2) is 0 Å². The maximum atomic E-state index is 13.9. The maximum Gasteiger partial charge on any atom is 0.419 e. The quantitative estimate of drug-likeness (QED) is 0.805. The standard InChI is InChI=1S/C14H9ClF4O/c15-11-7-2-1-4-8(11)13(20)9-5-3-6-10(12(9)16)14(17,18)19/h1-7,13,20H. The third-order valence-electron chi connectivity index (χ3n) is 2.83. The van der Waals surface area contributed by atoms with Crippen molar-refractivity contribution in [2.75, 3.05) is 0 Å². The molecule has 0 spiro atoms. The van der Waals surface area contributed by atoms with E-state index in [9.17, 15) is 22.7 Å². The first-order valence-electron chi connectivity index (χ1n) is 5.60. The Labute approximate surface area is 117 Å². The molecule has 2 aromatic carbocycles. The molecule has 0 fully saturated rings. The van der Waals surface area contributed by atoms with Gasteiger partial charge in [-0.2, -0.15) is 13.2 Å². The van der Waals surface area contributed by atoms with Crippen molar-refractivity contribution in [2.24, 2.45) is 0 Å². The van der Waals surface area contributed by atoms with E-state index in [-0.39, 0.29) is 10.6 Å². The lowest BCUT2D eigenvalue weighted by molar-refractivity contribution is -0.140. The number of hydrogen-bond acceptors (Lipinski definition) is 1. The summed E-state index contributed by atoms with van der Waals surface area (Å²) in [7, 11) is 0. The Morgan fingerprint density at radius 1 is 0.950 bits per heavy atom. The van der Waals surface area contributed by atoms with Crippen molar-refractivity contribution in [1.82, 2.24) is 0 Å². The number of aliphatic hydroxyl groups is 1. The van der Waals surface area contributed by atoms with Crippen LogP contribution >= 0.6 is 11.6 Å². The highest BCUT2D eigenvalue weighted by Gasteiger charge is 2.35. The SMILES string of the molecule is OC(c1ccccc1Cl)c1cccc(C(F)(F)F)c1F. The van der Waals surface area contributed by atoms with Gasteiger partial charge in [-0.3, -0.25) is 0 Å². The topological polar surface area (TPSA) is 20.2 Å². The van der Waals surface area contributed by atoms with Crippen LogP contribution in [0.4, 0.5) is 17.6 Å². The van der Waals surface area contributed by atoms with E-state index in [0.29, 0.717) is 6.07 Å². The molecule has 1 nitrogen and oxygen atoms in total. The third kappa shape index (κ3) is 2.78. The van der Waals surface area contributed by atoms with Crippen molar-refractivity contribution in [3.8, 4) is 0 Å². The van der Waals surface area contributed by atoms with E-state index in [2.05, 4.69) is 0 Å². The predicted molar refractivity (Wildman–Crippen MR) is 66.9 cm³/mol. The van der Waals surface area contributed by atoms with E-state index in [1.54, 1.807) is 12.1 Å². The Hall–Kier alpha value is -1.59. The molecular formula is C14H9ClF4O. The molecule has 0 heterocycles. The first-order valence-corrected chi connectivity index (χ1v) is 5.98. The summed E-state index contributed by atoms with van der Waals surface area (Å²) < 4.78 is 51.8. The van der Waals surface area contributed by atoms with Crippen LogP contribution in [0.1, 0.15) is 22.8 Å². The highest BCUT2D eigenvalue weighted by molar-refractivity contribution is 6.31. The molecule has 0 aromatic heterocycles. The molecule has 0 saturated heterocycles. The second-order valence-corrected chi connectivity index (χ2v) is 4.54. The van der Waals surface area contributed by atoms with Gasteiger partial charge >= 0.3 is 6.18 Å². The van der Waals surface area contributed by atoms with Crippen molar-refractivity contribution in [3.05, 3.63) is 70.0 Å². The van der Waals surface area contributed by atoms with Gasteiger partial charge in [0.05, 0.1) is 5.56 Å². The first kappa shape index (κ1) is 14.8. The van der Waals surface area contributed by atoms with Crippen LogP contribution in [-0.4, -0.2) is 5.11 Å². The Morgan fingerprint density at radius 2 is 1.55 bits per heavy atom. The Bertz CT molecular complexity index is 625. The Balaban J connectivity index is 2.52. The molecule has 0 aliphatic rings. The zero-order chi connectivity index (χ0) is 14.9. The van der Waals surface area contributed by atoms with Crippen LogP contribution in [0.5, 0.6) is 0 Å². The fourth-order valence-corrected chi connectivity index (χ4v) is 2.08. The average molecular weight is 305 g/mol. The van der Waals surface area contributed by atoms with Crippen LogP contribution in [-0.2, 0) is 6.18 Å². The molecule has 2 aromatic rings. The van der Waals surface area contributed by atoms with Crippen LogP contribution in [0, 0.1) is 5.82 Å². The molecule has 1 N–H and O–H groups in total. The normalized spacial score (nSPS) is 13.3. The molecule has 20 heavy (non-hydrogen) atoms. The molecule has 0 amide bonds. The molecule has 0 aliphatic carbocycles. The first-order chi connectivity index (χ1) is 9.32. The lowest BCUT2D eigenvalue weighted by Gasteiger charge is -2.16. The van der Waals surface area contributed by atoms with Crippen molar-refractivity contribution in [3.63, 3.8) is 0 Å². The summed E-state index contributed by atoms with van der Waals surface area (Å²) in [5.74, 6) is -1.49. The second-order valence-electron chi connectivity index (χ2n) is 4.13. The summed E-state index contributed by atoms with van der Waals surface area (Å²) in [6.07, 6.45) is -6.38. The smallest absolute Gasteiger partial charge is 0.383 e. The zero-order valence-corrected chi connectivity index (χ0v) is 10.7. The van der Waals surface area contributed by atoms with Gasteiger partial charge in [-0.15, -0.1) is 0 Å². The molecule has 0 aliphatic heterocycles. The van der Waals surface area contributed by atoms with Crippen molar-refractivity contribution < 1.29 is 22.7 Å². The molecule has 1 atom stereocenters. The highest BCUT2D eigenvalue weighted by Crippen LogP contribution is 2.36. The van der Waals surface area contributed by atoms with E-state index in [1.807, 2.05) is 0 Å². The zero-order valence-electron chi connectivity index (χ0n) is 9.96. The number of benzene rings is 2. The van der Waals surface area contributed by atoms with Crippen LogP contribution in [0.3, 0.4) is 0 Å². The van der Waals surface area contributed by atoms with Crippen LogP contribution in [0.15, 0.2) is 42.5 Å². The van der Waals surface area contributed by atoms with Gasteiger partial charge in [-0.1, -0.05) is 41.9 Å². The molecule has 0 bridgehead atoms. The Kier molecular flexibility index (Phi) is 4.01. The maximum absolute atomic E-state index is 13.9. The summed E-state index contributed by atoms with van der Waals surface area (Å²) in [4.78, 5) is 0. The fraction of sp³-hybridized carbons (Fsp3) is 0.143. The van der Waals surface area contributed by atoms with E-state index < -0.39 is 29.2 Å². The van der Waals surface area contributed by atoms with E-state index >= 15 is 0 Å². The summed E-state index contributed by atoms with van der Waals surface area (Å²) in [5.41, 5.74) is -1.73. The lowest BCUT2D eigenvalue weighted by Crippen LogP contribution is -2.12. The minimum atomic E-state index is -4.82. The summed E-state index contributed by atoms with van der Waals surface area (Å²) in [6, 6.07) is 8.80. The van der Waals surface area contributed by atoms with E-state index in [4.69, 9.17) is 11.6 Å². The largest absolute Gasteiger partial charge is 0.419 e. The average Bonchev–Trinajstić information content (AvgIpc) is 2.37. The Morgan fingerprint density at radius 3 is 2.15 bits per heavy atom. The number of rotatable bonds is 2. The third-order valence-corrected chi connectivity index (χ3v) is 3.17. The molecule has 0 saturated carbocycles. The molecule has 0 radical (unpaired) electrons. The second kappa shape index (κ2) is 5.42. The molecular weight excluding hydrogens is 296 g/mol. The van der Waals surface area contributed by atoms with Crippen molar-refractivity contribution in [1.29, 1.82) is 0 Å². The predicted octanol–water partition coefficient (Wildman–Crippen LogP) is 4.58.